The van der Waals surface area contributed by atoms with Crippen molar-refractivity contribution < 1.29 is 63.1 Å². The van der Waals surface area contributed by atoms with Crippen molar-refractivity contribution in [2.75, 3.05) is 0 Å². The van der Waals surface area contributed by atoms with Crippen LogP contribution in [0.3, 0.4) is 0 Å². The second-order valence-electron chi connectivity index (χ2n) is 3.93. The summed E-state index contributed by atoms with van der Waals surface area (Å²) in [7, 11) is 0. The van der Waals surface area contributed by atoms with E-state index in [1.165, 1.54) is 0 Å². The predicted octanol–water partition coefficient (Wildman–Crippen LogP) is 4.24. The summed E-state index contributed by atoms with van der Waals surface area (Å²) in [5, 5.41) is 0. The van der Waals surface area contributed by atoms with Crippen molar-refractivity contribution in [1.29, 1.82) is 0 Å². The fourth-order valence-corrected chi connectivity index (χ4v) is 2.73. The van der Waals surface area contributed by atoms with Gasteiger partial charge in [-0.05, 0) is 0 Å². The van der Waals surface area contributed by atoms with Crippen LogP contribution in [0.1, 0.15) is 0 Å². The van der Waals surface area contributed by atoms with E-state index in [2.05, 4.69) is 9.20 Å². The van der Waals surface area contributed by atoms with Crippen LogP contribution in [0.5, 0.6) is 0 Å². The molecule has 0 aliphatic carbocycles. The van der Waals surface area contributed by atoms with Crippen LogP contribution in [0.2, 0.25) is 0 Å². The van der Waals surface area contributed by atoms with Gasteiger partial charge in [-0.3, -0.25) is 0 Å². The van der Waals surface area contributed by atoms with E-state index in [1.54, 1.807) is 0 Å². The van der Waals surface area contributed by atoms with Gasteiger partial charge in [-0.1, -0.05) is 36.4 Å². The summed E-state index contributed by atoms with van der Waals surface area (Å²) in [5.41, 5.74) is 0. The van der Waals surface area contributed by atoms with Gasteiger partial charge in [-0.2, -0.15) is 0 Å². The Balaban J connectivity index is 0.00000102. The molecule has 6 nitrogen and oxygen atoms in total. The quantitative estimate of drug-likeness (QED) is 0.419. The topological polar surface area (TPSA) is 78.9 Å². The van der Waals surface area contributed by atoms with Crippen LogP contribution in [0.15, 0.2) is 36.4 Å². The standard InChI is InChI=1S/C6F9IO6.C6H6/c7-4(8,9)1(17)20-16(21-2(18)5(10,11)12)22-3(19)6(13,14)15;1-2-4-6-5-3-1/h;1-6H. The third kappa shape index (κ3) is 10.8. The molecule has 0 unspecified atom stereocenters. The van der Waals surface area contributed by atoms with E-state index in [9.17, 15) is 53.9 Å². The van der Waals surface area contributed by atoms with Crippen molar-refractivity contribution in [3.8, 4) is 0 Å². The monoisotopic (exact) mass is 544 g/mol. The van der Waals surface area contributed by atoms with Crippen molar-refractivity contribution in [1.82, 2.24) is 0 Å². The van der Waals surface area contributed by atoms with Gasteiger partial charge in [-0.25, -0.2) is 0 Å². The SMILES string of the molecule is O=C(OI(OC(=O)C(F)(F)F)OC(=O)C(F)(F)F)C(F)(F)F.c1ccccc1. The number of halogens is 10. The third-order valence-corrected chi connectivity index (χ3v) is 4.04. The normalized spacial score (nSPS) is 12.1. The molecule has 1 aromatic carbocycles. The van der Waals surface area contributed by atoms with E-state index in [4.69, 9.17) is 0 Å². The summed E-state index contributed by atoms with van der Waals surface area (Å²) in [4.78, 5) is 30.9. The largest absolute Gasteiger partial charge is 0.0623 e. The number of carbonyl (C=O) groups is 3. The van der Waals surface area contributed by atoms with E-state index >= 15 is 0 Å². The molecule has 1 rings (SSSR count). The van der Waals surface area contributed by atoms with Crippen LogP contribution >= 0.6 is 21.1 Å². The van der Waals surface area contributed by atoms with Gasteiger partial charge in [0.2, 0.25) is 0 Å². The number of carbonyl (C=O) groups excluding carboxylic acids is 3. The molecule has 28 heavy (non-hydrogen) atoms. The minimum atomic E-state index is -5.84. The van der Waals surface area contributed by atoms with Gasteiger partial charge < -0.3 is 0 Å². The maximum absolute atomic E-state index is 11.8. The van der Waals surface area contributed by atoms with E-state index in [1.807, 2.05) is 36.4 Å². The first-order valence-corrected chi connectivity index (χ1v) is 8.78. The second-order valence-corrected chi connectivity index (χ2v) is 6.33. The molecule has 0 aromatic heterocycles. The summed E-state index contributed by atoms with van der Waals surface area (Å²) in [6.07, 6.45) is -17.5. The van der Waals surface area contributed by atoms with E-state index in [0.717, 1.165) is 0 Å². The Morgan fingerprint density at radius 3 is 0.821 bits per heavy atom. The maximum Gasteiger partial charge on any atom is -0.0623 e. The zero-order chi connectivity index (χ0) is 22.2. The van der Waals surface area contributed by atoms with Gasteiger partial charge in [-0.15, -0.1) is 0 Å². The van der Waals surface area contributed by atoms with Crippen molar-refractivity contribution in [2.24, 2.45) is 0 Å². The Hall–Kier alpha value is -2.27. The first-order valence-electron chi connectivity index (χ1n) is 6.14. The van der Waals surface area contributed by atoms with Crippen molar-refractivity contribution in [2.45, 2.75) is 18.5 Å². The zero-order valence-electron chi connectivity index (χ0n) is 12.7. The number of rotatable bonds is 3. The van der Waals surface area contributed by atoms with E-state index in [0.29, 0.717) is 0 Å². The Morgan fingerprint density at radius 2 is 0.679 bits per heavy atom. The van der Waals surface area contributed by atoms with Crippen molar-refractivity contribution in [3.05, 3.63) is 36.4 Å². The molecule has 0 heterocycles. The molecule has 0 spiro atoms. The Bertz CT molecular complexity index is 563. The fraction of sp³-hybridized carbons (Fsp3) is 0.250. The summed E-state index contributed by atoms with van der Waals surface area (Å²) >= 11 is -5.62. The number of hydrogen-bond acceptors (Lipinski definition) is 6. The van der Waals surface area contributed by atoms with Gasteiger partial charge in [0.25, 0.3) is 0 Å². The van der Waals surface area contributed by atoms with Crippen molar-refractivity contribution >= 4 is 39.0 Å². The van der Waals surface area contributed by atoms with Crippen LogP contribution in [0.25, 0.3) is 0 Å². The first-order chi connectivity index (χ1) is 12.5. The number of alkyl halides is 9. The molecule has 0 amide bonds. The van der Waals surface area contributed by atoms with Gasteiger partial charge in [0.05, 0.1) is 0 Å². The second kappa shape index (κ2) is 10.3. The molecule has 0 saturated heterocycles. The van der Waals surface area contributed by atoms with Crippen LogP contribution in [0, 0.1) is 0 Å². The molecular formula is C12H6F9IO6. The molecule has 0 N–H and O–H groups in total. The summed E-state index contributed by atoms with van der Waals surface area (Å²) in [6, 6.07) is 12.0. The summed E-state index contributed by atoms with van der Waals surface area (Å²) in [6.45, 7) is 0. The Labute approximate surface area is 157 Å². The number of benzene rings is 1. The predicted molar refractivity (Wildman–Crippen MR) is 76.9 cm³/mol. The molecule has 0 aliphatic heterocycles. The van der Waals surface area contributed by atoms with Crippen LogP contribution in [-0.2, 0) is 23.6 Å². The minimum absolute atomic E-state index is 2.00. The van der Waals surface area contributed by atoms with Crippen LogP contribution < -0.4 is 0 Å². The van der Waals surface area contributed by atoms with Crippen molar-refractivity contribution in [3.63, 3.8) is 0 Å². The molecule has 0 bridgehead atoms. The fourth-order valence-electron chi connectivity index (χ4n) is 0.735. The molecule has 16 heteroatoms. The Kier molecular flexibility index (Phi) is 9.49. The molecule has 0 fully saturated rings. The van der Waals surface area contributed by atoms with E-state index < -0.39 is 57.5 Å². The first kappa shape index (κ1) is 25.7. The zero-order valence-corrected chi connectivity index (χ0v) is 14.9. The molecule has 0 atom stereocenters. The smallest absolute Gasteiger partial charge is 0.0623 e. The van der Waals surface area contributed by atoms with Gasteiger partial charge in [0.15, 0.2) is 0 Å². The summed E-state index contributed by atoms with van der Waals surface area (Å²) < 4.78 is 115. The molecule has 0 radical (unpaired) electrons. The minimum Gasteiger partial charge on any atom is -0.0623 e. The van der Waals surface area contributed by atoms with Crippen LogP contribution in [0.4, 0.5) is 39.5 Å². The van der Waals surface area contributed by atoms with Gasteiger partial charge in [0.1, 0.15) is 0 Å². The van der Waals surface area contributed by atoms with Gasteiger partial charge in [0, 0.05) is 0 Å². The summed E-state index contributed by atoms with van der Waals surface area (Å²) in [5.74, 6) is -9.91. The average molecular weight is 544 g/mol. The molecule has 0 aliphatic rings. The van der Waals surface area contributed by atoms with E-state index in [-0.39, 0.29) is 0 Å². The van der Waals surface area contributed by atoms with Gasteiger partial charge >= 0.3 is 121 Å². The molecule has 160 valence electrons. The molecule has 0 saturated carbocycles. The van der Waals surface area contributed by atoms with Crippen LogP contribution in [-0.4, -0.2) is 36.4 Å². The average Bonchev–Trinajstić information content (AvgIpc) is 2.54. The molecule has 1 aromatic rings. The third-order valence-electron chi connectivity index (χ3n) is 1.76. The molecular weight excluding hydrogens is 538 g/mol. The number of hydrogen-bond donors (Lipinski definition) is 0. The maximum atomic E-state index is 11.8. The Morgan fingerprint density at radius 1 is 0.500 bits per heavy atom.